The molecular formula is C17H28N2O. The predicted octanol–water partition coefficient (Wildman–Crippen LogP) is 3.33. The van der Waals surface area contributed by atoms with E-state index in [0.29, 0.717) is 0 Å². The highest BCUT2D eigenvalue weighted by Gasteiger charge is 2.19. The number of likely N-dealkylation sites (N-methyl/N-ethyl adjacent to an activating group) is 1. The van der Waals surface area contributed by atoms with Gasteiger partial charge in [0, 0.05) is 24.7 Å². The van der Waals surface area contributed by atoms with E-state index in [0.717, 1.165) is 31.9 Å². The van der Waals surface area contributed by atoms with Crippen LogP contribution in [0.1, 0.15) is 33.3 Å². The number of carbonyl (C=O) groups excluding carboxylic acids is 1. The fourth-order valence-electron chi connectivity index (χ4n) is 2.18. The number of anilines is 1. The van der Waals surface area contributed by atoms with Crippen molar-refractivity contribution in [2.24, 2.45) is 5.92 Å². The van der Waals surface area contributed by atoms with Crippen LogP contribution >= 0.6 is 0 Å². The molecule has 1 rings (SSSR count). The zero-order valence-electron chi connectivity index (χ0n) is 13.5. The molecule has 0 heterocycles. The first kappa shape index (κ1) is 16.7. The second-order valence-electron chi connectivity index (χ2n) is 5.51. The molecule has 0 unspecified atom stereocenters. The molecule has 0 saturated carbocycles. The van der Waals surface area contributed by atoms with Crippen molar-refractivity contribution in [3.63, 3.8) is 0 Å². The third kappa shape index (κ3) is 4.64. The lowest BCUT2D eigenvalue weighted by molar-refractivity contribution is -0.121. The maximum absolute atomic E-state index is 12.4. The molecule has 112 valence electrons. The quantitative estimate of drug-likeness (QED) is 0.762. The Kier molecular flexibility index (Phi) is 6.73. The summed E-state index contributed by atoms with van der Waals surface area (Å²) in [5.41, 5.74) is 2.22. The molecule has 0 N–H and O–H groups in total. The summed E-state index contributed by atoms with van der Waals surface area (Å²) < 4.78 is 0. The van der Waals surface area contributed by atoms with Crippen LogP contribution in [-0.2, 0) is 4.79 Å². The Bertz CT molecular complexity index is 408. The van der Waals surface area contributed by atoms with Crippen LogP contribution in [-0.4, -0.2) is 37.0 Å². The van der Waals surface area contributed by atoms with Crippen LogP contribution in [0.25, 0.3) is 0 Å². The molecule has 0 saturated heterocycles. The topological polar surface area (TPSA) is 23.6 Å². The monoisotopic (exact) mass is 276 g/mol. The third-order valence-electron chi connectivity index (χ3n) is 3.64. The van der Waals surface area contributed by atoms with Gasteiger partial charge in [-0.1, -0.05) is 45.4 Å². The zero-order chi connectivity index (χ0) is 15.1. The minimum atomic E-state index is 0.0213. The molecule has 0 spiro atoms. The Labute approximate surface area is 123 Å². The summed E-state index contributed by atoms with van der Waals surface area (Å²) in [7, 11) is 0. The lowest BCUT2D eigenvalue weighted by Gasteiger charge is -2.28. The molecule has 3 heteroatoms. The van der Waals surface area contributed by atoms with Gasteiger partial charge in [0.15, 0.2) is 0 Å². The summed E-state index contributed by atoms with van der Waals surface area (Å²) in [5, 5.41) is 0. The van der Waals surface area contributed by atoms with Gasteiger partial charge >= 0.3 is 0 Å². The lowest BCUT2D eigenvalue weighted by Crippen LogP contribution is -2.40. The van der Waals surface area contributed by atoms with Crippen molar-refractivity contribution in [3.05, 3.63) is 29.8 Å². The van der Waals surface area contributed by atoms with Crippen LogP contribution in [0, 0.1) is 12.8 Å². The first-order valence-electron chi connectivity index (χ1n) is 7.60. The fourth-order valence-corrected chi connectivity index (χ4v) is 2.18. The number of carbonyl (C=O) groups is 1. The van der Waals surface area contributed by atoms with Crippen molar-refractivity contribution in [3.8, 4) is 0 Å². The molecule has 1 aromatic rings. The van der Waals surface area contributed by atoms with Gasteiger partial charge in [0.05, 0.1) is 0 Å². The number of nitrogens with zero attached hydrogens (tertiary/aromatic N) is 2. The van der Waals surface area contributed by atoms with Crippen LogP contribution in [0.5, 0.6) is 0 Å². The molecule has 0 atom stereocenters. The van der Waals surface area contributed by atoms with Gasteiger partial charge < -0.3 is 9.80 Å². The van der Waals surface area contributed by atoms with Crippen molar-refractivity contribution in [2.75, 3.05) is 31.1 Å². The molecule has 0 fully saturated rings. The van der Waals surface area contributed by atoms with E-state index in [4.69, 9.17) is 0 Å². The molecule has 0 aliphatic rings. The predicted molar refractivity (Wildman–Crippen MR) is 86.2 cm³/mol. The van der Waals surface area contributed by atoms with Gasteiger partial charge in [-0.25, -0.2) is 0 Å². The molecule has 0 aliphatic carbocycles. The van der Waals surface area contributed by atoms with E-state index in [1.807, 2.05) is 30.9 Å². The largest absolute Gasteiger partial charge is 0.311 e. The van der Waals surface area contributed by atoms with Gasteiger partial charge in [-0.2, -0.15) is 0 Å². The van der Waals surface area contributed by atoms with E-state index in [2.05, 4.69) is 37.8 Å². The highest BCUT2D eigenvalue weighted by Crippen LogP contribution is 2.17. The van der Waals surface area contributed by atoms with E-state index in [9.17, 15) is 4.79 Å². The van der Waals surface area contributed by atoms with Gasteiger partial charge in [-0.3, -0.25) is 4.79 Å². The summed E-state index contributed by atoms with van der Waals surface area (Å²) in [5.74, 6) is 0.217. The zero-order valence-corrected chi connectivity index (χ0v) is 13.5. The van der Waals surface area contributed by atoms with Crippen molar-refractivity contribution < 1.29 is 4.79 Å². The molecule has 0 bridgehead atoms. The molecule has 0 radical (unpaired) electrons. The third-order valence-corrected chi connectivity index (χ3v) is 3.64. The fraction of sp³-hybridized carbons (Fsp3) is 0.588. The van der Waals surface area contributed by atoms with E-state index < -0.39 is 0 Å². The molecule has 0 aliphatic heterocycles. The van der Waals surface area contributed by atoms with Gasteiger partial charge in [0.1, 0.15) is 0 Å². The Hall–Kier alpha value is -1.35. The molecule has 1 aromatic carbocycles. The SMILES string of the molecule is CCN(CC)CCN(C(=O)C(C)C)c1ccc(C)cc1. The van der Waals surface area contributed by atoms with Gasteiger partial charge in [-0.05, 0) is 32.1 Å². The molecule has 3 nitrogen and oxygen atoms in total. The van der Waals surface area contributed by atoms with Crippen LogP contribution in [0.2, 0.25) is 0 Å². The average molecular weight is 276 g/mol. The second-order valence-corrected chi connectivity index (χ2v) is 5.51. The standard InChI is InChI=1S/C17H28N2O/c1-6-18(7-2)12-13-19(17(20)14(3)4)16-10-8-15(5)9-11-16/h8-11,14H,6-7,12-13H2,1-5H3. The van der Waals surface area contributed by atoms with Gasteiger partial charge in [-0.15, -0.1) is 0 Å². The van der Waals surface area contributed by atoms with Gasteiger partial charge in [0.25, 0.3) is 0 Å². The molecule has 0 aromatic heterocycles. The smallest absolute Gasteiger partial charge is 0.229 e. The number of rotatable bonds is 7. The maximum atomic E-state index is 12.4. The summed E-state index contributed by atoms with van der Waals surface area (Å²) in [6, 6.07) is 8.20. The van der Waals surface area contributed by atoms with Crippen LogP contribution in [0.3, 0.4) is 0 Å². The Morgan fingerprint density at radius 1 is 1.05 bits per heavy atom. The summed E-state index contributed by atoms with van der Waals surface area (Å²) in [6.07, 6.45) is 0. The van der Waals surface area contributed by atoms with Crippen molar-refractivity contribution in [2.45, 2.75) is 34.6 Å². The average Bonchev–Trinajstić information content (AvgIpc) is 2.44. The summed E-state index contributed by atoms with van der Waals surface area (Å²) >= 11 is 0. The lowest BCUT2D eigenvalue weighted by atomic mass is 10.1. The maximum Gasteiger partial charge on any atom is 0.229 e. The number of benzene rings is 1. The van der Waals surface area contributed by atoms with E-state index in [1.54, 1.807) is 0 Å². The first-order chi connectivity index (χ1) is 9.49. The van der Waals surface area contributed by atoms with Crippen LogP contribution in [0.4, 0.5) is 5.69 Å². The van der Waals surface area contributed by atoms with E-state index in [1.165, 1.54) is 5.56 Å². The van der Waals surface area contributed by atoms with E-state index >= 15 is 0 Å². The number of hydrogen-bond acceptors (Lipinski definition) is 2. The normalized spacial score (nSPS) is 11.2. The highest BCUT2D eigenvalue weighted by atomic mass is 16.2. The minimum absolute atomic E-state index is 0.0213. The molecule has 20 heavy (non-hydrogen) atoms. The van der Waals surface area contributed by atoms with Crippen molar-refractivity contribution in [1.29, 1.82) is 0 Å². The number of amides is 1. The minimum Gasteiger partial charge on any atom is -0.311 e. The molecular weight excluding hydrogens is 248 g/mol. The number of hydrogen-bond donors (Lipinski definition) is 0. The Morgan fingerprint density at radius 3 is 2.05 bits per heavy atom. The number of aryl methyl sites for hydroxylation is 1. The first-order valence-corrected chi connectivity index (χ1v) is 7.60. The highest BCUT2D eigenvalue weighted by molar-refractivity contribution is 5.94. The van der Waals surface area contributed by atoms with Gasteiger partial charge in [0.2, 0.25) is 5.91 Å². The van der Waals surface area contributed by atoms with Crippen molar-refractivity contribution >= 4 is 11.6 Å². The summed E-state index contributed by atoms with van der Waals surface area (Å²) in [6.45, 7) is 14.0. The molecule has 1 amide bonds. The van der Waals surface area contributed by atoms with E-state index in [-0.39, 0.29) is 11.8 Å². The van der Waals surface area contributed by atoms with Crippen molar-refractivity contribution in [1.82, 2.24) is 4.90 Å². The van der Waals surface area contributed by atoms with Crippen LogP contribution in [0.15, 0.2) is 24.3 Å². The summed E-state index contributed by atoms with van der Waals surface area (Å²) in [4.78, 5) is 16.7. The van der Waals surface area contributed by atoms with Crippen LogP contribution < -0.4 is 4.90 Å². The Morgan fingerprint density at radius 2 is 1.60 bits per heavy atom. The second kappa shape index (κ2) is 8.05. The Balaban J connectivity index is 2.85.